The maximum atomic E-state index is 4.41. The molecule has 0 spiro atoms. The van der Waals surface area contributed by atoms with Crippen LogP contribution in [0, 0.1) is 0 Å². The second-order valence-corrected chi connectivity index (χ2v) is 5.57. The van der Waals surface area contributed by atoms with Gasteiger partial charge in [0, 0.05) is 24.3 Å². The molecule has 2 nitrogen and oxygen atoms in total. The first-order chi connectivity index (χ1) is 8.16. The second-order valence-electron chi connectivity index (χ2n) is 3.80. The highest BCUT2D eigenvalue weighted by molar-refractivity contribution is 9.11. The Kier molecular flexibility index (Phi) is 4.18. The van der Waals surface area contributed by atoms with Crippen LogP contribution in [0.25, 0.3) is 0 Å². The smallest absolute Gasteiger partial charge is 0.142 e. The number of hydrogen-bond donors (Lipinski definition) is 0. The molecule has 0 saturated heterocycles. The van der Waals surface area contributed by atoms with Crippen LogP contribution in [0.1, 0.15) is 5.56 Å². The van der Waals surface area contributed by atoms with Gasteiger partial charge in [-0.25, -0.2) is 4.98 Å². The van der Waals surface area contributed by atoms with Gasteiger partial charge in [0.2, 0.25) is 0 Å². The molecule has 2 rings (SSSR count). The monoisotopic (exact) mass is 354 g/mol. The molecule has 0 fully saturated rings. The van der Waals surface area contributed by atoms with Gasteiger partial charge < -0.3 is 4.90 Å². The third-order valence-corrected chi connectivity index (χ3v) is 3.43. The normalized spacial score (nSPS) is 10.3. The molecular formula is C13H12Br2N2. The molecule has 0 N–H and O–H groups in total. The quantitative estimate of drug-likeness (QED) is 0.818. The molecule has 2 aromatic rings. The standard InChI is InChI=1S/C13H12Br2N2/c1-17(9-10-5-3-2-4-6-10)13-12(15)7-11(14)8-16-13/h2-8H,9H2,1H3. The fourth-order valence-electron chi connectivity index (χ4n) is 1.62. The zero-order valence-corrected chi connectivity index (χ0v) is 12.6. The average molecular weight is 356 g/mol. The fraction of sp³-hybridized carbons (Fsp3) is 0.154. The molecule has 88 valence electrons. The van der Waals surface area contributed by atoms with E-state index in [2.05, 4.69) is 53.9 Å². The summed E-state index contributed by atoms with van der Waals surface area (Å²) < 4.78 is 1.96. The second kappa shape index (κ2) is 5.65. The van der Waals surface area contributed by atoms with E-state index in [9.17, 15) is 0 Å². The average Bonchev–Trinajstić information content (AvgIpc) is 2.30. The first kappa shape index (κ1) is 12.6. The number of hydrogen-bond acceptors (Lipinski definition) is 2. The van der Waals surface area contributed by atoms with Gasteiger partial charge in [-0.15, -0.1) is 0 Å². The van der Waals surface area contributed by atoms with Crippen molar-refractivity contribution in [3.05, 3.63) is 57.1 Å². The van der Waals surface area contributed by atoms with Gasteiger partial charge in [-0.2, -0.15) is 0 Å². The van der Waals surface area contributed by atoms with Crippen molar-refractivity contribution >= 4 is 37.7 Å². The fourth-order valence-corrected chi connectivity index (χ4v) is 2.91. The van der Waals surface area contributed by atoms with E-state index >= 15 is 0 Å². The Bertz CT molecular complexity index is 500. The van der Waals surface area contributed by atoms with Crippen LogP contribution in [0.2, 0.25) is 0 Å². The molecule has 0 aliphatic rings. The molecule has 0 atom stereocenters. The number of aromatic nitrogens is 1. The van der Waals surface area contributed by atoms with Gasteiger partial charge in [0.25, 0.3) is 0 Å². The van der Waals surface area contributed by atoms with Crippen LogP contribution < -0.4 is 4.90 Å². The van der Waals surface area contributed by atoms with Crippen LogP contribution in [0.15, 0.2) is 51.5 Å². The van der Waals surface area contributed by atoms with Crippen molar-refractivity contribution in [3.8, 4) is 0 Å². The van der Waals surface area contributed by atoms with E-state index in [4.69, 9.17) is 0 Å². The molecule has 0 unspecified atom stereocenters. The topological polar surface area (TPSA) is 16.1 Å². The summed E-state index contributed by atoms with van der Waals surface area (Å²) in [5.41, 5.74) is 1.27. The van der Waals surface area contributed by atoms with Crippen molar-refractivity contribution in [1.82, 2.24) is 4.98 Å². The minimum atomic E-state index is 0.841. The van der Waals surface area contributed by atoms with Gasteiger partial charge in [-0.05, 0) is 43.5 Å². The van der Waals surface area contributed by atoms with Gasteiger partial charge in [-0.1, -0.05) is 30.3 Å². The maximum absolute atomic E-state index is 4.41. The lowest BCUT2D eigenvalue weighted by Crippen LogP contribution is -2.18. The Morgan fingerprint density at radius 2 is 1.88 bits per heavy atom. The first-order valence-electron chi connectivity index (χ1n) is 5.23. The first-order valence-corrected chi connectivity index (χ1v) is 6.81. The Morgan fingerprint density at radius 1 is 1.18 bits per heavy atom. The van der Waals surface area contributed by atoms with E-state index in [0.717, 1.165) is 21.3 Å². The minimum absolute atomic E-state index is 0.841. The Labute approximate surface area is 118 Å². The summed E-state index contributed by atoms with van der Waals surface area (Å²) >= 11 is 6.93. The number of rotatable bonds is 3. The van der Waals surface area contributed by atoms with Crippen LogP contribution in [0.5, 0.6) is 0 Å². The lowest BCUT2D eigenvalue weighted by Gasteiger charge is -2.19. The van der Waals surface area contributed by atoms with E-state index in [1.54, 1.807) is 0 Å². The van der Waals surface area contributed by atoms with Crippen molar-refractivity contribution in [2.24, 2.45) is 0 Å². The molecule has 0 aliphatic carbocycles. The predicted molar refractivity (Wildman–Crippen MR) is 78.2 cm³/mol. The zero-order chi connectivity index (χ0) is 12.3. The molecule has 1 aromatic carbocycles. The number of benzene rings is 1. The van der Waals surface area contributed by atoms with Gasteiger partial charge >= 0.3 is 0 Å². The van der Waals surface area contributed by atoms with E-state index in [-0.39, 0.29) is 0 Å². The summed E-state index contributed by atoms with van der Waals surface area (Å²) in [7, 11) is 2.04. The molecule has 1 aromatic heterocycles. The van der Waals surface area contributed by atoms with E-state index in [0.29, 0.717) is 0 Å². The Balaban J connectivity index is 2.17. The predicted octanol–water partition coefficient (Wildman–Crippen LogP) is 4.24. The summed E-state index contributed by atoms with van der Waals surface area (Å²) in [6, 6.07) is 12.4. The SMILES string of the molecule is CN(Cc1ccccc1)c1ncc(Br)cc1Br. The third-order valence-electron chi connectivity index (χ3n) is 2.41. The van der Waals surface area contributed by atoms with Gasteiger partial charge in [0.15, 0.2) is 0 Å². The highest BCUT2D eigenvalue weighted by Gasteiger charge is 2.08. The summed E-state index contributed by atoms with van der Waals surface area (Å²) in [5.74, 6) is 0.942. The maximum Gasteiger partial charge on any atom is 0.142 e. The van der Waals surface area contributed by atoms with Crippen molar-refractivity contribution in [3.63, 3.8) is 0 Å². The number of pyridine rings is 1. The van der Waals surface area contributed by atoms with Crippen LogP contribution in [-0.4, -0.2) is 12.0 Å². The lowest BCUT2D eigenvalue weighted by atomic mass is 10.2. The summed E-state index contributed by atoms with van der Waals surface area (Å²) in [4.78, 5) is 6.52. The van der Waals surface area contributed by atoms with Crippen molar-refractivity contribution < 1.29 is 0 Å². The zero-order valence-electron chi connectivity index (χ0n) is 9.40. The highest BCUT2D eigenvalue weighted by atomic mass is 79.9. The van der Waals surface area contributed by atoms with Crippen molar-refractivity contribution in [2.45, 2.75) is 6.54 Å². The highest BCUT2D eigenvalue weighted by Crippen LogP contribution is 2.26. The molecule has 0 amide bonds. The summed E-state index contributed by atoms with van der Waals surface area (Å²) in [6.45, 7) is 0.841. The minimum Gasteiger partial charge on any atom is -0.354 e. The Hall–Kier alpha value is -0.870. The molecule has 0 bridgehead atoms. The largest absolute Gasteiger partial charge is 0.354 e. The number of nitrogens with zero attached hydrogens (tertiary/aromatic N) is 2. The molecule has 17 heavy (non-hydrogen) atoms. The Morgan fingerprint density at radius 3 is 2.53 bits per heavy atom. The number of anilines is 1. The summed E-state index contributed by atoms with van der Waals surface area (Å²) in [5, 5.41) is 0. The van der Waals surface area contributed by atoms with Gasteiger partial charge in [0.1, 0.15) is 5.82 Å². The third kappa shape index (κ3) is 3.30. The van der Waals surface area contributed by atoms with E-state index in [1.165, 1.54) is 5.56 Å². The molecule has 1 heterocycles. The van der Waals surface area contributed by atoms with Crippen LogP contribution in [0.4, 0.5) is 5.82 Å². The van der Waals surface area contributed by atoms with Crippen LogP contribution in [0.3, 0.4) is 0 Å². The van der Waals surface area contributed by atoms with E-state index in [1.807, 2.05) is 37.5 Å². The molecule has 0 radical (unpaired) electrons. The number of halogens is 2. The van der Waals surface area contributed by atoms with Crippen molar-refractivity contribution in [1.29, 1.82) is 0 Å². The van der Waals surface area contributed by atoms with Crippen LogP contribution in [-0.2, 0) is 6.54 Å². The summed E-state index contributed by atoms with van der Waals surface area (Å²) in [6.07, 6.45) is 1.81. The molecular weight excluding hydrogens is 344 g/mol. The molecule has 4 heteroatoms. The van der Waals surface area contributed by atoms with Gasteiger partial charge in [0.05, 0.1) is 4.47 Å². The molecule has 0 saturated carbocycles. The van der Waals surface area contributed by atoms with Gasteiger partial charge in [-0.3, -0.25) is 0 Å². The lowest BCUT2D eigenvalue weighted by molar-refractivity contribution is 0.893. The van der Waals surface area contributed by atoms with E-state index < -0.39 is 0 Å². The van der Waals surface area contributed by atoms with Crippen molar-refractivity contribution in [2.75, 3.05) is 11.9 Å². The van der Waals surface area contributed by atoms with Crippen LogP contribution >= 0.6 is 31.9 Å². The molecule has 0 aliphatic heterocycles.